The molecule has 0 saturated carbocycles. The van der Waals surface area contributed by atoms with E-state index in [1.165, 1.54) is 0 Å². The second-order valence-corrected chi connectivity index (χ2v) is 3.07. The molecule has 2 rings (SSSR count). The number of hydrogen-bond acceptors (Lipinski definition) is 4. The van der Waals surface area contributed by atoms with Gasteiger partial charge in [0, 0.05) is 12.3 Å². The zero-order chi connectivity index (χ0) is 9.42. The fraction of sp³-hybridized carbons (Fsp3) is 0.375. The van der Waals surface area contributed by atoms with E-state index in [-0.39, 0.29) is 5.92 Å². The SMILES string of the molecule is Cc1cc2n(n1)C(N)C(C=O)C=N2. The van der Waals surface area contributed by atoms with Gasteiger partial charge in [0.15, 0.2) is 5.82 Å². The summed E-state index contributed by atoms with van der Waals surface area (Å²) in [6, 6.07) is 1.83. The largest absolute Gasteiger partial charge is 0.309 e. The summed E-state index contributed by atoms with van der Waals surface area (Å²) < 4.78 is 1.58. The Bertz CT molecular complexity index is 368. The molecule has 13 heavy (non-hydrogen) atoms. The van der Waals surface area contributed by atoms with E-state index in [1.54, 1.807) is 10.9 Å². The molecule has 0 aromatic carbocycles. The van der Waals surface area contributed by atoms with E-state index >= 15 is 0 Å². The van der Waals surface area contributed by atoms with E-state index < -0.39 is 6.17 Å². The predicted octanol–water partition coefficient (Wildman–Crippen LogP) is 0.180. The van der Waals surface area contributed by atoms with Crippen molar-refractivity contribution in [1.29, 1.82) is 0 Å². The second-order valence-electron chi connectivity index (χ2n) is 3.07. The van der Waals surface area contributed by atoms with Gasteiger partial charge in [-0.15, -0.1) is 0 Å². The highest BCUT2D eigenvalue weighted by Crippen LogP contribution is 2.24. The molecule has 0 amide bonds. The molecule has 68 valence electrons. The Kier molecular flexibility index (Phi) is 1.73. The molecule has 0 aliphatic carbocycles. The molecule has 2 atom stereocenters. The van der Waals surface area contributed by atoms with E-state index in [2.05, 4.69) is 10.1 Å². The number of nitrogens with two attached hydrogens (primary N) is 1. The number of rotatable bonds is 1. The lowest BCUT2D eigenvalue weighted by Crippen LogP contribution is -2.32. The van der Waals surface area contributed by atoms with Crippen LogP contribution in [0.3, 0.4) is 0 Å². The van der Waals surface area contributed by atoms with E-state index in [4.69, 9.17) is 5.73 Å². The number of hydrogen-bond donors (Lipinski definition) is 1. The molecule has 1 aromatic heterocycles. The van der Waals surface area contributed by atoms with Crippen molar-refractivity contribution < 1.29 is 4.79 Å². The standard InChI is InChI=1S/C8H10N4O/c1-5-2-7-10-3-6(4-13)8(9)12(7)11-5/h2-4,6,8H,9H2,1H3. The summed E-state index contributed by atoms with van der Waals surface area (Å²) in [6.45, 7) is 1.86. The van der Waals surface area contributed by atoms with Crippen molar-refractivity contribution in [2.75, 3.05) is 0 Å². The quantitative estimate of drug-likeness (QED) is 0.623. The highest BCUT2D eigenvalue weighted by atomic mass is 16.1. The predicted molar refractivity (Wildman–Crippen MR) is 47.9 cm³/mol. The van der Waals surface area contributed by atoms with Crippen LogP contribution in [0, 0.1) is 12.8 Å². The van der Waals surface area contributed by atoms with Crippen LogP contribution in [0.15, 0.2) is 11.1 Å². The molecule has 1 aliphatic rings. The monoisotopic (exact) mass is 178 g/mol. The summed E-state index contributed by atoms with van der Waals surface area (Å²) >= 11 is 0. The van der Waals surface area contributed by atoms with Crippen molar-refractivity contribution in [3.05, 3.63) is 11.8 Å². The molecule has 0 fully saturated rings. The van der Waals surface area contributed by atoms with Gasteiger partial charge in [-0.1, -0.05) is 0 Å². The Morgan fingerprint density at radius 1 is 1.69 bits per heavy atom. The third-order valence-corrected chi connectivity index (χ3v) is 2.05. The molecule has 1 aliphatic heterocycles. The molecule has 0 bridgehead atoms. The van der Waals surface area contributed by atoms with Crippen molar-refractivity contribution in [2.24, 2.45) is 16.6 Å². The fourth-order valence-corrected chi connectivity index (χ4v) is 1.35. The molecule has 2 N–H and O–H groups in total. The molecule has 1 aromatic rings. The number of carbonyl (C=O) groups excluding carboxylic acids is 1. The van der Waals surface area contributed by atoms with E-state index in [0.29, 0.717) is 5.82 Å². The highest BCUT2D eigenvalue weighted by molar-refractivity contribution is 5.83. The van der Waals surface area contributed by atoms with Crippen LogP contribution in [0.2, 0.25) is 0 Å². The Hall–Kier alpha value is -1.49. The highest BCUT2D eigenvalue weighted by Gasteiger charge is 2.24. The van der Waals surface area contributed by atoms with Gasteiger partial charge in [0.1, 0.15) is 12.5 Å². The van der Waals surface area contributed by atoms with Crippen molar-refractivity contribution in [2.45, 2.75) is 13.1 Å². The van der Waals surface area contributed by atoms with Crippen molar-refractivity contribution in [3.63, 3.8) is 0 Å². The molecule has 0 saturated heterocycles. The van der Waals surface area contributed by atoms with Crippen molar-refractivity contribution in [3.8, 4) is 0 Å². The molecular formula is C8H10N4O. The number of fused-ring (bicyclic) bond motifs is 1. The average Bonchev–Trinajstić information content (AvgIpc) is 2.47. The number of aliphatic imine (C=N–C) groups is 1. The van der Waals surface area contributed by atoms with Crippen LogP contribution in [-0.2, 0) is 4.79 Å². The normalized spacial score (nSPS) is 25.7. The van der Waals surface area contributed by atoms with Gasteiger partial charge >= 0.3 is 0 Å². The Balaban J connectivity index is 2.46. The third kappa shape index (κ3) is 1.17. The summed E-state index contributed by atoms with van der Waals surface area (Å²) in [4.78, 5) is 14.7. The molecule has 2 unspecified atom stereocenters. The third-order valence-electron chi connectivity index (χ3n) is 2.05. The smallest absolute Gasteiger partial charge is 0.151 e. The molecule has 2 heterocycles. The lowest BCUT2D eigenvalue weighted by atomic mass is 10.1. The minimum atomic E-state index is -0.418. The van der Waals surface area contributed by atoms with Gasteiger partial charge in [-0.25, -0.2) is 9.67 Å². The van der Waals surface area contributed by atoms with Gasteiger partial charge in [0.05, 0.1) is 11.6 Å². The number of carbonyl (C=O) groups is 1. The van der Waals surface area contributed by atoms with Crippen LogP contribution in [-0.4, -0.2) is 22.3 Å². The van der Waals surface area contributed by atoms with Gasteiger partial charge in [-0.3, -0.25) is 0 Å². The minimum Gasteiger partial charge on any atom is -0.309 e. The number of aromatic nitrogens is 2. The van der Waals surface area contributed by atoms with Crippen LogP contribution >= 0.6 is 0 Å². The maximum atomic E-state index is 10.6. The van der Waals surface area contributed by atoms with Crippen LogP contribution in [0.25, 0.3) is 0 Å². The molecule has 0 spiro atoms. The Morgan fingerprint density at radius 2 is 2.46 bits per heavy atom. The number of aldehydes is 1. The Labute approximate surface area is 75.3 Å². The average molecular weight is 178 g/mol. The van der Waals surface area contributed by atoms with Crippen LogP contribution in [0.1, 0.15) is 11.9 Å². The topological polar surface area (TPSA) is 73.3 Å². The zero-order valence-corrected chi connectivity index (χ0v) is 7.21. The van der Waals surface area contributed by atoms with Crippen LogP contribution < -0.4 is 5.73 Å². The number of nitrogens with zero attached hydrogens (tertiary/aromatic N) is 3. The number of aryl methyl sites for hydroxylation is 1. The van der Waals surface area contributed by atoms with E-state index in [9.17, 15) is 4.79 Å². The van der Waals surface area contributed by atoms with Crippen molar-refractivity contribution in [1.82, 2.24) is 9.78 Å². The maximum Gasteiger partial charge on any atom is 0.151 e. The summed E-state index contributed by atoms with van der Waals surface area (Å²) in [7, 11) is 0. The first-order chi connectivity index (χ1) is 6.22. The molecular weight excluding hydrogens is 168 g/mol. The fourth-order valence-electron chi connectivity index (χ4n) is 1.35. The van der Waals surface area contributed by atoms with Crippen LogP contribution in [0.5, 0.6) is 0 Å². The molecule has 5 nitrogen and oxygen atoms in total. The van der Waals surface area contributed by atoms with Gasteiger partial charge < -0.3 is 10.5 Å². The molecule has 5 heteroatoms. The van der Waals surface area contributed by atoms with Gasteiger partial charge in [-0.2, -0.15) is 5.10 Å². The van der Waals surface area contributed by atoms with Gasteiger partial charge in [-0.05, 0) is 6.92 Å². The second kappa shape index (κ2) is 2.77. The summed E-state index contributed by atoms with van der Waals surface area (Å²) in [6.07, 6.45) is 1.93. The van der Waals surface area contributed by atoms with Crippen LogP contribution in [0.4, 0.5) is 5.82 Å². The van der Waals surface area contributed by atoms with Gasteiger partial charge in [0.25, 0.3) is 0 Å². The van der Waals surface area contributed by atoms with E-state index in [0.717, 1.165) is 12.0 Å². The zero-order valence-electron chi connectivity index (χ0n) is 7.21. The van der Waals surface area contributed by atoms with E-state index in [1.807, 2.05) is 13.0 Å². The lowest BCUT2D eigenvalue weighted by molar-refractivity contribution is -0.110. The summed E-state index contributed by atoms with van der Waals surface area (Å²) in [5, 5.41) is 4.15. The molecule has 0 radical (unpaired) electrons. The maximum absolute atomic E-state index is 10.6. The first-order valence-electron chi connectivity index (χ1n) is 4.03. The summed E-state index contributed by atoms with van der Waals surface area (Å²) in [5.74, 6) is 0.343. The Morgan fingerprint density at radius 3 is 3.15 bits per heavy atom. The van der Waals surface area contributed by atoms with Crippen molar-refractivity contribution >= 4 is 18.3 Å². The van der Waals surface area contributed by atoms with Gasteiger partial charge in [0.2, 0.25) is 0 Å². The lowest BCUT2D eigenvalue weighted by Gasteiger charge is -2.20. The first kappa shape index (κ1) is 8.12. The first-order valence-corrected chi connectivity index (χ1v) is 4.03. The minimum absolute atomic E-state index is 0.369. The summed E-state index contributed by atoms with van der Waals surface area (Å²) in [5.41, 5.74) is 6.65.